The summed E-state index contributed by atoms with van der Waals surface area (Å²) in [6.07, 6.45) is 7.99. The molecule has 7 nitrogen and oxygen atoms in total. The predicted octanol–water partition coefficient (Wildman–Crippen LogP) is 4.97. The van der Waals surface area contributed by atoms with Gasteiger partial charge in [0.25, 0.3) is 0 Å². The highest BCUT2D eigenvalue weighted by molar-refractivity contribution is 5.84. The van der Waals surface area contributed by atoms with Crippen LogP contribution in [0.2, 0.25) is 0 Å². The van der Waals surface area contributed by atoms with Gasteiger partial charge in [-0.15, -0.1) is 0 Å². The van der Waals surface area contributed by atoms with Crippen molar-refractivity contribution in [3.63, 3.8) is 0 Å². The lowest BCUT2D eigenvalue weighted by Gasteiger charge is -2.55. The Hall–Kier alpha value is -2.02. The maximum absolute atomic E-state index is 14.1. The van der Waals surface area contributed by atoms with Crippen molar-refractivity contribution in [3.8, 4) is 0 Å². The number of esters is 1. The van der Waals surface area contributed by atoms with Gasteiger partial charge in [-0.1, -0.05) is 46.3 Å². The normalized spacial score (nSPS) is 42.5. The number of nitrogens with zero attached hydrogens (tertiary/aromatic N) is 1. The van der Waals surface area contributed by atoms with Crippen LogP contribution >= 0.6 is 0 Å². The number of carbonyl (C=O) groups is 4. The zero-order chi connectivity index (χ0) is 29.8. The van der Waals surface area contributed by atoms with Gasteiger partial charge < -0.3 is 19.7 Å². The third-order valence-corrected chi connectivity index (χ3v) is 12.4. The van der Waals surface area contributed by atoms with Crippen LogP contribution in [0.3, 0.4) is 0 Å². The zero-order valence-corrected chi connectivity index (χ0v) is 26.2. The molecule has 4 aliphatic carbocycles. The van der Waals surface area contributed by atoms with Crippen molar-refractivity contribution in [3.05, 3.63) is 11.6 Å². The van der Waals surface area contributed by atoms with Crippen LogP contribution in [0, 0.1) is 45.8 Å². The summed E-state index contributed by atoms with van der Waals surface area (Å²) >= 11 is 0. The second-order valence-corrected chi connectivity index (χ2v) is 14.5. The Morgan fingerprint density at radius 3 is 2.42 bits per heavy atom. The molecule has 1 N–H and O–H groups in total. The summed E-state index contributed by atoms with van der Waals surface area (Å²) in [5.74, 6) is 0.0441. The molecule has 0 bridgehead atoms. The number of ether oxygens (including phenoxy) is 1. The average molecular weight is 557 g/mol. The van der Waals surface area contributed by atoms with Crippen LogP contribution in [0.5, 0.6) is 0 Å². The fourth-order valence-corrected chi connectivity index (χ4v) is 9.40. The SMILES string of the molecule is CC[C@H](C)C(=O)N[C@H]1CC=C2C[C@@H]3C(=O)C[C@]4(C)[C@@H]([C@H](C)N(C)C)[C@H](OC(C)=O)C[C@@]4(C)[C@@H]3CC[C@H]2[C@]1(C)C=O. The number of nitrogens with one attached hydrogen (secondary N) is 1. The van der Waals surface area contributed by atoms with Gasteiger partial charge in [-0.25, -0.2) is 0 Å². The third-order valence-electron chi connectivity index (χ3n) is 12.4. The summed E-state index contributed by atoms with van der Waals surface area (Å²) in [5, 5.41) is 3.20. The van der Waals surface area contributed by atoms with Crippen LogP contribution in [0.1, 0.15) is 93.4 Å². The van der Waals surface area contributed by atoms with Gasteiger partial charge in [-0.2, -0.15) is 0 Å². The van der Waals surface area contributed by atoms with E-state index in [1.807, 2.05) is 20.8 Å². The van der Waals surface area contributed by atoms with Crippen LogP contribution in [0.15, 0.2) is 11.6 Å². The predicted molar refractivity (Wildman–Crippen MR) is 155 cm³/mol. The van der Waals surface area contributed by atoms with Crippen molar-refractivity contribution >= 4 is 23.9 Å². The molecule has 11 atom stereocenters. The lowest BCUT2D eigenvalue weighted by Crippen LogP contribution is -2.55. The number of amides is 1. The van der Waals surface area contributed by atoms with Gasteiger partial charge in [0.05, 0.1) is 5.41 Å². The number of ketones is 1. The molecule has 0 radical (unpaired) electrons. The Morgan fingerprint density at radius 1 is 1.18 bits per heavy atom. The highest BCUT2D eigenvalue weighted by Crippen LogP contribution is 2.69. The Kier molecular flexibility index (Phi) is 8.50. The van der Waals surface area contributed by atoms with Gasteiger partial charge in [0.1, 0.15) is 18.2 Å². The highest BCUT2D eigenvalue weighted by atomic mass is 16.5. The summed E-state index contributed by atoms with van der Waals surface area (Å²) in [6.45, 7) is 14.2. The molecule has 40 heavy (non-hydrogen) atoms. The molecule has 224 valence electrons. The van der Waals surface area contributed by atoms with Gasteiger partial charge in [0.2, 0.25) is 5.91 Å². The second kappa shape index (κ2) is 11.0. The molecule has 0 aliphatic heterocycles. The molecule has 0 aromatic carbocycles. The van der Waals surface area contributed by atoms with E-state index in [1.54, 1.807) is 0 Å². The molecular weight excluding hydrogens is 504 g/mol. The lowest BCUT2D eigenvalue weighted by molar-refractivity contribution is -0.152. The summed E-state index contributed by atoms with van der Waals surface area (Å²) in [4.78, 5) is 54.1. The first-order valence-corrected chi connectivity index (χ1v) is 15.5. The minimum atomic E-state index is -0.716. The van der Waals surface area contributed by atoms with Crippen molar-refractivity contribution in [2.45, 2.75) is 112 Å². The van der Waals surface area contributed by atoms with Crippen LogP contribution < -0.4 is 5.32 Å². The fraction of sp³-hybridized carbons (Fsp3) is 0.818. The van der Waals surface area contributed by atoms with E-state index in [0.29, 0.717) is 25.0 Å². The molecule has 3 fully saturated rings. The molecule has 0 heterocycles. The van der Waals surface area contributed by atoms with E-state index in [9.17, 15) is 19.2 Å². The molecule has 7 heteroatoms. The monoisotopic (exact) mass is 556 g/mol. The minimum Gasteiger partial charge on any atom is -0.462 e. The number of Topliss-reactive ketones (excluding diaryl/α,β-unsaturated/α-hetero) is 1. The molecule has 0 aromatic rings. The first-order chi connectivity index (χ1) is 18.6. The summed E-state index contributed by atoms with van der Waals surface area (Å²) in [5.41, 5.74) is 0.00612. The molecule has 4 rings (SSSR count). The van der Waals surface area contributed by atoms with Crippen molar-refractivity contribution < 1.29 is 23.9 Å². The van der Waals surface area contributed by atoms with Crippen LogP contribution in [0.4, 0.5) is 0 Å². The molecule has 3 saturated carbocycles. The zero-order valence-electron chi connectivity index (χ0n) is 26.2. The number of allylic oxidation sites excluding steroid dienone is 1. The van der Waals surface area contributed by atoms with Gasteiger partial charge in [0.15, 0.2) is 0 Å². The first kappa shape index (κ1) is 30.9. The Morgan fingerprint density at radius 2 is 1.85 bits per heavy atom. The van der Waals surface area contributed by atoms with Gasteiger partial charge in [0, 0.05) is 43.2 Å². The van der Waals surface area contributed by atoms with Gasteiger partial charge in [-0.3, -0.25) is 14.4 Å². The standard InChI is InChI=1S/C33H52N2O5/c1-10-19(2)30(39)34-28-14-11-22-15-23-25(13-12-24(22)31(28,5)18-36)32(6)17-27(40-21(4)37)29(20(3)35(8)9)33(32,7)16-26(23)38/h11,18-20,23-25,27-29H,10,12-17H2,1-9H3,(H,34,39)/t19-,20-,23-,24+,25+,27+,28-,29-,31-,32-,33+/m0/s1. The smallest absolute Gasteiger partial charge is 0.302 e. The average Bonchev–Trinajstić information content (AvgIpc) is 3.00. The molecule has 4 aliphatic rings. The van der Waals surface area contributed by atoms with Crippen molar-refractivity contribution in [2.24, 2.45) is 45.8 Å². The van der Waals surface area contributed by atoms with E-state index in [2.05, 4.69) is 51.2 Å². The van der Waals surface area contributed by atoms with Gasteiger partial charge >= 0.3 is 5.97 Å². The van der Waals surface area contributed by atoms with E-state index < -0.39 is 5.41 Å². The molecule has 0 aromatic heterocycles. The lowest BCUT2D eigenvalue weighted by atomic mass is 9.48. The largest absolute Gasteiger partial charge is 0.462 e. The number of hydrogen-bond acceptors (Lipinski definition) is 6. The van der Waals surface area contributed by atoms with Crippen LogP contribution in [-0.4, -0.2) is 61.1 Å². The quantitative estimate of drug-likeness (QED) is 0.270. The van der Waals surface area contributed by atoms with Crippen molar-refractivity contribution in [2.75, 3.05) is 14.1 Å². The van der Waals surface area contributed by atoms with Crippen LogP contribution in [-0.2, 0) is 23.9 Å². The first-order valence-electron chi connectivity index (χ1n) is 15.5. The Labute approximate surface area is 241 Å². The summed E-state index contributed by atoms with van der Waals surface area (Å²) < 4.78 is 6.01. The van der Waals surface area contributed by atoms with E-state index >= 15 is 0 Å². The van der Waals surface area contributed by atoms with Crippen molar-refractivity contribution in [1.29, 1.82) is 0 Å². The number of aldehydes is 1. The Balaban J connectivity index is 1.70. The van der Waals surface area contributed by atoms with E-state index in [1.165, 1.54) is 12.5 Å². The summed E-state index contributed by atoms with van der Waals surface area (Å²) in [7, 11) is 4.11. The minimum absolute atomic E-state index is 0.00157. The molecule has 0 saturated heterocycles. The summed E-state index contributed by atoms with van der Waals surface area (Å²) in [6, 6.07) is -0.105. The highest BCUT2D eigenvalue weighted by Gasteiger charge is 2.69. The fourth-order valence-electron chi connectivity index (χ4n) is 9.40. The second-order valence-electron chi connectivity index (χ2n) is 14.5. The maximum Gasteiger partial charge on any atom is 0.302 e. The van der Waals surface area contributed by atoms with Crippen molar-refractivity contribution in [1.82, 2.24) is 10.2 Å². The van der Waals surface area contributed by atoms with Crippen LogP contribution in [0.25, 0.3) is 0 Å². The molecule has 0 spiro atoms. The number of hydrogen-bond donors (Lipinski definition) is 1. The third kappa shape index (κ3) is 4.78. The number of rotatable bonds is 7. The van der Waals surface area contributed by atoms with E-state index in [4.69, 9.17) is 4.74 Å². The molecule has 0 unspecified atom stereocenters. The Bertz CT molecular complexity index is 1070. The maximum atomic E-state index is 14.1. The molecular formula is C33H52N2O5. The topological polar surface area (TPSA) is 92.8 Å². The number of carbonyl (C=O) groups excluding carboxylic acids is 4. The number of fused-ring (bicyclic) bond motifs is 4. The van der Waals surface area contributed by atoms with Gasteiger partial charge in [-0.05, 0) is 82.2 Å². The molecule has 1 amide bonds. The van der Waals surface area contributed by atoms with E-state index in [0.717, 1.165) is 32.0 Å². The van der Waals surface area contributed by atoms with E-state index in [-0.39, 0.29) is 70.5 Å².